The zero-order chi connectivity index (χ0) is 11.8. The van der Waals surface area contributed by atoms with Crippen LogP contribution in [0.4, 0.5) is 0 Å². The van der Waals surface area contributed by atoms with Gasteiger partial charge in [-0.25, -0.2) is 0 Å². The van der Waals surface area contributed by atoms with Crippen LogP contribution in [0.25, 0.3) is 0 Å². The molecule has 2 aliphatic rings. The van der Waals surface area contributed by atoms with Crippen molar-refractivity contribution in [2.45, 2.75) is 57.2 Å². The van der Waals surface area contributed by atoms with Gasteiger partial charge in [-0.3, -0.25) is 4.79 Å². The lowest BCUT2D eigenvalue weighted by molar-refractivity contribution is -0.109. The fourth-order valence-electron chi connectivity index (χ4n) is 2.00. The third-order valence-electron chi connectivity index (χ3n) is 3.09. The highest BCUT2D eigenvalue weighted by atomic mass is 16.1. The van der Waals surface area contributed by atoms with Gasteiger partial charge in [0.15, 0.2) is 0 Å². The van der Waals surface area contributed by atoms with E-state index in [1.165, 1.54) is 38.6 Å². The molecule has 0 aromatic heterocycles. The van der Waals surface area contributed by atoms with Gasteiger partial charge < -0.3 is 16.0 Å². The first-order chi connectivity index (χ1) is 7.76. The molecule has 0 spiro atoms. The lowest BCUT2D eigenvalue weighted by Crippen LogP contribution is -2.31. The summed E-state index contributed by atoms with van der Waals surface area (Å²) in [4.78, 5) is 9.06. The van der Waals surface area contributed by atoms with Gasteiger partial charge in [-0.2, -0.15) is 0 Å². The Kier molecular flexibility index (Phi) is 6.42. The van der Waals surface area contributed by atoms with Gasteiger partial charge >= 0.3 is 0 Å². The quantitative estimate of drug-likeness (QED) is 0.604. The van der Waals surface area contributed by atoms with Crippen molar-refractivity contribution in [2.24, 2.45) is 0 Å². The van der Waals surface area contributed by atoms with Crippen molar-refractivity contribution in [1.82, 2.24) is 16.0 Å². The van der Waals surface area contributed by atoms with Gasteiger partial charge in [-0.15, -0.1) is 0 Å². The van der Waals surface area contributed by atoms with Crippen LogP contribution in [0, 0.1) is 0 Å². The van der Waals surface area contributed by atoms with Gasteiger partial charge in [-0.1, -0.05) is 0 Å². The normalized spacial score (nSPS) is 28.1. The van der Waals surface area contributed by atoms with Gasteiger partial charge in [0, 0.05) is 25.2 Å². The first-order valence-corrected chi connectivity index (χ1v) is 6.36. The summed E-state index contributed by atoms with van der Waals surface area (Å²) in [5.41, 5.74) is 0. The van der Waals surface area contributed by atoms with Crippen LogP contribution in [0.15, 0.2) is 0 Å². The molecule has 1 heterocycles. The van der Waals surface area contributed by atoms with Gasteiger partial charge in [0.05, 0.1) is 0 Å². The number of carbonyl (C=O) groups is 1. The Labute approximate surface area is 98.6 Å². The first-order valence-electron chi connectivity index (χ1n) is 6.36. The average molecular weight is 227 g/mol. The summed E-state index contributed by atoms with van der Waals surface area (Å²) in [6.07, 6.45) is 7.52. The van der Waals surface area contributed by atoms with E-state index >= 15 is 0 Å². The fraction of sp³-hybridized carbons (Fsp3) is 0.917. The minimum absolute atomic E-state index is 0.625. The second kappa shape index (κ2) is 7.63. The molecule has 1 saturated heterocycles. The fourth-order valence-corrected chi connectivity index (χ4v) is 2.00. The number of hydrogen-bond acceptors (Lipinski definition) is 3. The SMILES string of the molecule is CC1CCC(CCNC2CC2)N1.CNC=O. The highest BCUT2D eigenvalue weighted by molar-refractivity contribution is 5.44. The minimum atomic E-state index is 0.625. The van der Waals surface area contributed by atoms with Crippen LogP contribution in [-0.4, -0.2) is 38.1 Å². The molecule has 4 nitrogen and oxygen atoms in total. The Morgan fingerprint density at radius 2 is 2.00 bits per heavy atom. The first kappa shape index (κ1) is 13.5. The molecular weight excluding hydrogens is 202 g/mol. The molecule has 0 aromatic rings. The minimum Gasteiger partial charge on any atom is -0.362 e. The molecule has 1 saturated carbocycles. The Hall–Kier alpha value is -0.610. The number of rotatable bonds is 5. The Morgan fingerprint density at radius 1 is 1.31 bits per heavy atom. The van der Waals surface area contributed by atoms with E-state index in [0.29, 0.717) is 6.41 Å². The largest absolute Gasteiger partial charge is 0.362 e. The predicted octanol–water partition coefficient (Wildman–Crippen LogP) is 0.631. The van der Waals surface area contributed by atoms with Crippen molar-refractivity contribution in [3.63, 3.8) is 0 Å². The van der Waals surface area contributed by atoms with Gasteiger partial charge in [-0.05, 0) is 45.6 Å². The van der Waals surface area contributed by atoms with Crippen molar-refractivity contribution in [1.29, 1.82) is 0 Å². The predicted molar refractivity (Wildman–Crippen MR) is 66.4 cm³/mol. The molecule has 1 aliphatic heterocycles. The zero-order valence-electron chi connectivity index (χ0n) is 10.5. The molecule has 2 atom stereocenters. The maximum atomic E-state index is 9.06. The Morgan fingerprint density at radius 3 is 2.44 bits per heavy atom. The summed E-state index contributed by atoms with van der Waals surface area (Å²) in [5, 5.41) is 9.42. The highest BCUT2D eigenvalue weighted by Gasteiger charge is 2.22. The topological polar surface area (TPSA) is 53.2 Å². The Bertz CT molecular complexity index is 195. The third-order valence-corrected chi connectivity index (χ3v) is 3.09. The molecule has 2 unspecified atom stereocenters. The lowest BCUT2D eigenvalue weighted by atomic mass is 10.1. The second-order valence-electron chi connectivity index (χ2n) is 4.77. The lowest BCUT2D eigenvalue weighted by Gasteiger charge is -2.11. The van der Waals surface area contributed by atoms with E-state index < -0.39 is 0 Å². The van der Waals surface area contributed by atoms with Crippen LogP contribution in [0.5, 0.6) is 0 Å². The summed E-state index contributed by atoms with van der Waals surface area (Å²) in [6.45, 7) is 3.50. The summed E-state index contributed by atoms with van der Waals surface area (Å²) in [7, 11) is 1.56. The van der Waals surface area contributed by atoms with Crippen molar-refractivity contribution in [2.75, 3.05) is 13.6 Å². The van der Waals surface area contributed by atoms with E-state index in [1.54, 1.807) is 7.05 Å². The molecule has 1 aliphatic carbocycles. The van der Waals surface area contributed by atoms with E-state index in [9.17, 15) is 0 Å². The van der Waals surface area contributed by atoms with Crippen LogP contribution >= 0.6 is 0 Å². The van der Waals surface area contributed by atoms with E-state index in [0.717, 1.165) is 18.1 Å². The maximum absolute atomic E-state index is 9.06. The van der Waals surface area contributed by atoms with E-state index in [-0.39, 0.29) is 0 Å². The molecule has 0 bridgehead atoms. The van der Waals surface area contributed by atoms with Gasteiger partial charge in [0.2, 0.25) is 6.41 Å². The highest BCUT2D eigenvalue weighted by Crippen LogP contribution is 2.19. The molecule has 2 fully saturated rings. The average Bonchev–Trinajstić information content (AvgIpc) is 3.02. The van der Waals surface area contributed by atoms with Crippen LogP contribution in [0.1, 0.15) is 39.0 Å². The number of hydrogen-bond donors (Lipinski definition) is 3. The zero-order valence-corrected chi connectivity index (χ0v) is 10.5. The Balaban J connectivity index is 0.000000280. The third kappa shape index (κ3) is 6.08. The summed E-state index contributed by atoms with van der Waals surface area (Å²) in [5.74, 6) is 0. The molecule has 94 valence electrons. The van der Waals surface area contributed by atoms with Crippen molar-refractivity contribution < 1.29 is 4.79 Å². The molecule has 16 heavy (non-hydrogen) atoms. The number of amides is 1. The molecule has 0 radical (unpaired) electrons. The van der Waals surface area contributed by atoms with Crippen LogP contribution in [0.2, 0.25) is 0 Å². The summed E-state index contributed by atoms with van der Waals surface area (Å²) in [6, 6.07) is 2.44. The number of nitrogens with one attached hydrogen (secondary N) is 3. The summed E-state index contributed by atoms with van der Waals surface area (Å²) < 4.78 is 0. The molecular formula is C12H25N3O. The molecule has 4 heteroatoms. The monoisotopic (exact) mass is 227 g/mol. The molecule has 2 rings (SSSR count). The number of carbonyl (C=O) groups excluding carboxylic acids is 1. The van der Waals surface area contributed by atoms with Crippen LogP contribution < -0.4 is 16.0 Å². The second-order valence-corrected chi connectivity index (χ2v) is 4.77. The van der Waals surface area contributed by atoms with E-state index in [4.69, 9.17) is 4.79 Å². The molecule has 1 amide bonds. The molecule has 3 N–H and O–H groups in total. The van der Waals surface area contributed by atoms with Crippen LogP contribution in [0.3, 0.4) is 0 Å². The van der Waals surface area contributed by atoms with Gasteiger partial charge in [0.25, 0.3) is 0 Å². The summed E-state index contributed by atoms with van der Waals surface area (Å²) >= 11 is 0. The maximum Gasteiger partial charge on any atom is 0.206 e. The van der Waals surface area contributed by atoms with Gasteiger partial charge in [0.1, 0.15) is 0 Å². The smallest absolute Gasteiger partial charge is 0.206 e. The van der Waals surface area contributed by atoms with Crippen molar-refractivity contribution >= 4 is 6.41 Å². The van der Waals surface area contributed by atoms with E-state index in [1.807, 2.05) is 0 Å². The van der Waals surface area contributed by atoms with Crippen molar-refractivity contribution in [3.05, 3.63) is 0 Å². The van der Waals surface area contributed by atoms with Crippen molar-refractivity contribution in [3.8, 4) is 0 Å². The standard InChI is InChI=1S/C10H20N2.C2H5NO/c1-8-2-3-10(12-8)6-7-11-9-4-5-9;1-3-2-4/h8-12H,2-7H2,1H3;2H,1H3,(H,3,4). The van der Waals surface area contributed by atoms with Crippen LogP contribution in [-0.2, 0) is 4.79 Å². The molecule has 0 aromatic carbocycles. The van der Waals surface area contributed by atoms with E-state index in [2.05, 4.69) is 22.9 Å².